The molecule has 1 atom stereocenters. The van der Waals surface area contributed by atoms with Crippen LogP contribution in [0, 0.1) is 6.92 Å². The van der Waals surface area contributed by atoms with Gasteiger partial charge in [0.1, 0.15) is 17.5 Å². The molecule has 5 rings (SSSR count). The Kier molecular flexibility index (Phi) is 6.02. The topological polar surface area (TPSA) is 78.1 Å². The highest BCUT2D eigenvalue weighted by atomic mass is 19.3. The highest BCUT2D eigenvalue weighted by Crippen LogP contribution is 2.33. The standard InChI is InChI=1S/C25H24F2N6O2/c1-16-12-31(15-28-16)21-9-8-18(11-23(21)35-2)19-13-33(30-29-19)22-10-7-17-5-3-4-6-20(17)32(25(22)34)14-24(26)27/h3-6,8-9,11-13,15,22,24H,7,10,14H2,1-2H3/t22-/m0/s1. The number of fused-ring (bicyclic) bond motifs is 1. The molecule has 4 aromatic rings. The molecule has 0 bridgehead atoms. The third-order valence-electron chi connectivity index (χ3n) is 6.14. The fourth-order valence-corrected chi connectivity index (χ4v) is 4.44. The number of amides is 1. The van der Waals surface area contributed by atoms with Crippen molar-refractivity contribution in [3.05, 3.63) is 72.4 Å². The first-order valence-corrected chi connectivity index (χ1v) is 11.2. The lowest BCUT2D eigenvalue weighted by Crippen LogP contribution is -2.39. The number of alkyl halides is 2. The predicted molar refractivity (Wildman–Crippen MR) is 126 cm³/mol. The number of para-hydroxylation sites is 1. The Morgan fingerprint density at radius 1 is 1.14 bits per heavy atom. The lowest BCUT2D eigenvalue weighted by atomic mass is 10.1. The summed E-state index contributed by atoms with van der Waals surface area (Å²) in [4.78, 5) is 18.8. The maximum absolute atomic E-state index is 13.4. The highest BCUT2D eigenvalue weighted by Gasteiger charge is 2.33. The molecule has 1 aliphatic heterocycles. The van der Waals surface area contributed by atoms with E-state index in [2.05, 4.69) is 15.3 Å². The number of nitrogens with zero attached hydrogens (tertiary/aromatic N) is 6. The van der Waals surface area contributed by atoms with E-state index < -0.39 is 24.9 Å². The van der Waals surface area contributed by atoms with Crippen LogP contribution in [0.15, 0.2) is 61.2 Å². The summed E-state index contributed by atoms with van der Waals surface area (Å²) in [7, 11) is 1.59. The molecule has 1 amide bonds. The molecule has 8 nitrogen and oxygen atoms in total. The molecule has 0 saturated carbocycles. The van der Waals surface area contributed by atoms with E-state index in [0.29, 0.717) is 30.0 Å². The van der Waals surface area contributed by atoms with Crippen molar-refractivity contribution in [3.8, 4) is 22.7 Å². The Morgan fingerprint density at radius 3 is 2.71 bits per heavy atom. The van der Waals surface area contributed by atoms with Gasteiger partial charge >= 0.3 is 0 Å². The Labute approximate surface area is 200 Å². The summed E-state index contributed by atoms with van der Waals surface area (Å²) in [6, 6.07) is 12.1. The molecule has 0 radical (unpaired) electrons. The fourth-order valence-electron chi connectivity index (χ4n) is 4.44. The quantitative estimate of drug-likeness (QED) is 0.414. The number of aryl methyl sites for hydroxylation is 2. The molecule has 0 aliphatic carbocycles. The van der Waals surface area contributed by atoms with Gasteiger partial charge in [-0.2, -0.15) is 0 Å². The van der Waals surface area contributed by atoms with E-state index in [4.69, 9.17) is 4.74 Å². The van der Waals surface area contributed by atoms with E-state index in [0.717, 1.165) is 22.5 Å². The van der Waals surface area contributed by atoms with E-state index in [1.807, 2.05) is 48.0 Å². The molecular weight excluding hydrogens is 454 g/mol. The highest BCUT2D eigenvalue weighted by molar-refractivity contribution is 5.97. The van der Waals surface area contributed by atoms with Crippen molar-refractivity contribution in [1.82, 2.24) is 24.5 Å². The second-order valence-corrected chi connectivity index (χ2v) is 8.42. The van der Waals surface area contributed by atoms with Crippen molar-refractivity contribution in [2.24, 2.45) is 0 Å². The van der Waals surface area contributed by atoms with Crippen LogP contribution in [-0.4, -0.2) is 50.5 Å². The minimum Gasteiger partial charge on any atom is -0.495 e. The maximum atomic E-state index is 13.4. The number of carbonyl (C=O) groups is 1. The van der Waals surface area contributed by atoms with Crippen LogP contribution in [0.3, 0.4) is 0 Å². The maximum Gasteiger partial charge on any atom is 0.256 e. The Morgan fingerprint density at radius 2 is 1.97 bits per heavy atom. The van der Waals surface area contributed by atoms with E-state index in [1.165, 1.54) is 9.58 Å². The molecule has 3 heterocycles. The van der Waals surface area contributed by atoms with Gasteiger partial charge in [-0.25, -0.2) is 18.4 Å². The largest absolute Gasteiger partial charge is 0.495 e. The first-order valence-electron chi connectivity index (χ1n) is 11.2. The van der Waals surface area contributed by atoms with Crippen LogP contribution in [0.4, 0.5) is 14.5 Å². The van der Waals surface area contributed by atoms with Crippen LogP contribution in [-0.2, 0) is 11.2 Å². The third kappa shape index (κ3) is 4.39. The van der Waals surface area contributed by atoms with Crippen LogP contribution in [0.1, 0.15) is 23.7 Å². The summed E-state index contributed by atoms with van der Waals surface area (Å²) in [6.07, 6.45) is 3.63. The van der Waals surface area contributed by atoms with Crippen molar-refractivity contribution in [2.75, 3.05) is 18.6 Å². The molecular formula is C25H24F2N6O2. The van der Waals surface area contributed by atoms with Gasteiger partial charge in [0.05, 0.1) is 37.6 Å². The number of hydrogen-bond acceptors (Lipinski definition) is 5. The summed E-state index contributed by atoms with van der Waals surface area (Å²) in [5.41, 5.74) is 4.39. The van der Waals surface area contributed by atoms with Gasteiger partial charge < -0.3 is 14.2 Å². The number of carbonyl (C=O) groups excluding carboxylic acids is 1. The zero-order valence-electron chi connectivity index (χ0n) is 19.3. The van der Waals surface area contributed by atoms with Crippen LogP contribution in [0.25, 0.3) is 16.9 Å². The Balaban J connectivity index is 1.45. The molecule has 35 heavy (non-hydrogen) atoms. The molecule has 2 aromatic heterocycles. The monoisotopic (exact) mass is 478 g/mol. The Bertz CT molecular complexity index is 1370. The zero-order valence-corrected chi connectivity index (χ0v) is 19.3. The van der Waals surface area contributed by atoms with E-state index in [9.17, 15) is 13.6 Å². The van der Waals surface area contributed by atoms with Gasteiger partial charge in [0.15, 0.2) is 0 Å². The van der Waals surface area contributed by atoms with Gasteiger partial charge in [0.2, 0.25) is 0 Å². The van der Waals surface area contributed by atoms with Gasteiger partial charge in [-0.3, -0.25) is 4.79 Å². The van der Waals surface area contributed by atoms with E-state index >= 15 is 0 Å². The van der Waals surface area contributed by atoms with Crippen molar-refractivity contribution in [3.63, 3.8) is 0 Å². The second-order valence-electron chi connectivity index (χ2n) is 8.42. The SMILES string of the molecule is COc1cc(-c2cn([C@H]3CCc4ccccc4N(CC(F)F)C3=O)nn2)ccc1-n1cnc(C)c1. The molecule has 1 aliphatic rings. The van der Waals surface area contributed by atoms with E-state index in [-0.39, 0.29) is 0 Å². The molecule has 0 unspecified atom stereocenters. The molecule has 0 spiro atoms. The summed E-state index contributed by atoms with van der Waals surface area (Å²) in [5.74, 6) is 0.202. The second kappa shape index (κ2) is 9.28. The van der Waals surface area contributed by atoms with Gasteiger partial charge in [-0.05, 0) is 43.5 Å². The third-order valence-corrected chi connectivity index (χ3v) is 6.14. The number of rotatable bonds is 6. The number of ether oxygens (including phenoxy) is 1. The summed E-state index contributed by atoms with van der Waals surface area (Å²) < 4.78 is 35.6. The zero-order chi connectivity index (χ0) is 24.5. The average molecular weight is 479 g/mol. The van der Waals surface area contributed by atoms with Crippen LogP contribution < -0.4 is 9.64 Å². The van der Waals surface area contributed by atoms with Crippen molar-refractivity contribution >= 4 is 11.6 Å². The summed E-state index contributed by atoms with van der Waals surface area (Å²) in [6.45, 7) is 1.24. The molecule has 0 fully saturated rings. The predicted octanol–water partition coefficient (Wildman–Crippen LogP) is 4.23. The molecule has 0 saturated heterocycles. The number of methoxy groups -OCH3 is 1. The summed E-state index contributed by atoms with van der Waals surface area (Å²) >= 11 is 0. The van der Waals surface area contributed by atoms with Crippen molar-refractivity contribution in [1.29, 1.82) is 0 Å². The first-order chi connectivity index (χ1) is 16.9. The normalized spacial score (nSPS) is 15.9. The minimum absolute atomic E-state index is 0.421. The molecule has 0 N–H and O–H groups in total. The van der Waals surface area contributed by atoms with Gasteiger partial charge in [-0.1, -0.05) is 29.5 Å². The number of aromatic nitrogens is 5. The molecule has 180 valence electrons. The number of hydrogen-bond donors (Lipinski definition) is 0. The number of imidazole rings is 1. The number of benzene rings is 2. The van der Waals surface area contributed by atoms with Gasteiger partial charge in [-0.15, -0.1) is 5.10 Å². The number of halogens is 2. The minimum atomic E-state index is -2.65. The molecule has 2 aromatic carbocycles. The van der Waals surface area contributed by atoms with Crippen LogP contribution in [0.2, 0.25) is 0 Å². The van der Waals surface area contributed by atoms with Crippen LogP contribution in [0.5, 0.6) is 5.75 Å². The van der Waals surface area contributed by atoms with Gasteiger partial charge in [0.25, 0.3) is 12.3 Å². The lowest BCUT2D eigenvalue weighted by Gasteiger charge is -2.25. The smallest absolute Gasteiger partial charge is 0.256 e. The number of anilines is 1. The summed E-state index contributed by atoms with van der Waals surface area (Å²) in [5, 5.41) is 8.46. The lowest BCUT2D eigenvalue weighted by molar-refractivity contribution is -0.122. The van der Waals surface area contributed by atoms with Crippen molar-refractivity contribution < 1.29 is 18.3 Å². The fraction of sp³-hybridized carbons (Fsp3) is 0.280. The van der Waals surface area contributed by atoms with E-state index in [1.54, 1.807) is 31.8 Å². The first kappa shape index (κ1) is 22.7. The Hall–Kier alpha value is -4.08. The van der Waals surface area contributed by atoms with Crippen LogP contribution >= 0.6 is 0 Å². The molecule has 10 heteroatoms. The van der Waals surface area contributed by atoms with Crippen molar-refractivity contribution in [2.45, 2.75) is 32.2 Å². The van der Waals surface area contributed by atoms with Gasteiger partial charge in [0, 0.05) is 17.4 Å². The average Bonchev–Trinajstić information content (AvgIpc) is 3.49.